The Kier molecular flexibility index (Phi) is 5.88. The Hall–Kier alpha value is -2.44. The van der Waals surface area contributed by atoms with E-state index in [2.05, 4.69) is 34.9 Å². The maximum Gasteiger partial charge on any atom is 0.315 e. The third kappa shape index (κ3) is 4.51. The van der Waals surface area contributed by atoms with Gasteiger partial charge in [-0.25, -0.2) is 9.18 Å². The zero-order valence-electron chi connectivity index (χ0n) is 15.6. The molecule has 2 fully saturated rings. The molecule has 0 saturated carbocycles. The molecule has 2 amide bonds. The molecule has 2 aromatic rings. The highest BCUT2D eigenvalue weighted by molar-refractivity contribution is 5.74. The topological polar surface area (TPSA) is 59.6 Å². The van der Waals surface area contributed by atoms with Crippen molar-refractivity contribution >= 4 is 6.03 Å². The van der Waals surface area contributed by atoms with E-state index >= 15 is 0 Å². The first kappa shape index (κ1) is 18.9. The van der Waals surface area contributed by atoms with Gasteiger partial charge in [0.05, 0.1) is 25.4 Å². The van der Waals surface area contributed by atoms with E-state index in [9.17, 15) is 9.18 Å². The summed E-state index contributed by atoms with van der Waals surface area (Å²) in [6.45, 7) is 1.47. The largest absolute Gasteiger partial charge is 0.373 e. The summed E-state index contributed by atoms with van der Waals surface area (Å²) in [6.07, 6.45) is 1.94. The van der Waals surface area contributed by atoms with Crippen molar-refractivity contribution in [2.24, 2.45) is 5.92 Å². The summed E-state index contributed by atoms with van der Waals surface area (Å²) < 4.78 is 24.9. The Morgan fingerprint density at radius 1 is 0.964 bits per heavy atom. The number of hydrogen-bond acceptors (Lipinski definition) is 3. The molecular formula is C22H25FN2O3. The molecule has 2 heterocycles. The van der Waals surface area contributed by atoms with Gasteiger partial charge in [-0.15, -0.1) is 0 Å². The Bertz CT molecular complexity index is 784. The standard InChI is InChI=1S/C22H25FN2O3/c23-18-10-7-16(8-11-18)12-24-22(26)25-19-14-28-20-17(13-27-21(19)20)9-6-15-4-2-1-3-5-15/h1-5,7-8,10-11,17,19-21H,6,9,12-14H2,(H2,24,25,26)/t17-,19+,20?,21-/m1/s1. The summed E-state index contributed by atoms with van der Waals surface area (Å²) in [6, 6.07) is 16.1. The van der Waals surface area contributed by atoms with E-state index in [-0.39, 0.29) is 30.1 Å². The fourth-order valence-electron chi connectivity index (χ4n) is 3.95. The van der Waals surface area contributed by atoms with Crippen LogP contribution in [-0.4, -0.2) is 37.5 Å². The van der Waals surface area contributed by atoms with Crippen LogP contribution in [-0.2, 0) is 22.4 Å². The van der Waals surface area contributed by atoms with Crippen molar-refractivity contribution in [1.82, 2.24) is 10.6 Å². The van der Waals surface area contributed by atoms with Crippen molar-refractivity contribution in [3.05, 3.63) is 71.5 Å². The third-order valence-electron chi connectivity index (χ3n) is 5.49. The molecule has 6 heteroatoms. The first-order valence-electron chi connectivity index (χ1n) is 9.75. The van der Waals surface area contributed by atoms with Gasteiger partial charge < -0.3 is 20.1 Å². The van der Waals surface area contributed by atoms with E-state index in [1.54, 1.807) is 12.1 Å². The normalized spacial score (nSPS) is 26.0. The lowest BCUT2D eigenvalue weighted by atomic mass is 9.93. The number of carbonyl (C=O) groups excluding carboxylic acids is 1. The number of hydrogen-bond donors (Lipinski definition) is 2. The molecule has 2 aliphatic heterocycles. The summed E-state index contributed by atoms with van der Waals surface area (Å²) in [5.41, 5.74) is 2.16. The molecule has 1 unspecified atom stereocenters. The number of carbonyl (C=O) groups is 1. The van der Waals surface area contributed by atoms with Crippen LogP contribution < -0.4 is 10.6 Å². The minimum Gasteiger partial charge on any atom is -0.373 e. The zero-order chi connectivity index (χ0) is 19.3. The van der Waals surface area contributed by atoms with Gasteiger partial charge in [0.15, 0.2) is 0 Å². The van der Waals surface area contributed by atoms with Crippen molar-refractivity contribution in [3.63, 3.8) is 0 Å². The molecule has 28 heavy (non-hydrogen) atoms. The quantitative estimate of drug-likeness (QED) is 0.805. The number of urea groups is 1. The smallest absolute Gasteiger partial charge is 0.315 e. The van der Waals surface area contributed by atoms with Gasteiger partial charge in [0.25, 0.3) is 0 Å². The van der Waals surface area contributed by atoms with E-state index in [0.717, 1.165) is 18.4 Å². The average Bonchev–Trinajstić information content (AvgIpc) is 3.30. The number of amides is 2. The summed E-state index contributed by atoms with van der Waals surface area (Å²) in [7, 11) is 0. The minimum absolute atomic E-state index is 0.0334. The molecule has 2 N–H and O–H groups in total. The van der Waals surface area contributed by atoms with Crippen LogP contribution in [0.25, 0.3) is 0 Å². The highest BCUT2D eigenvalue weighted by Crippen LogP contribution is 2.33. The van der Waals surface area contributed by atoms with E-state index in [0.29, 0.717) is 25.7 Å². The highest BCUT2D eigenvalue weighted by atomic mass is 19.1. The number of rotatable bonds is 6. The summed E-state index contributed by atoms with van der Waals surface area (Å²) in [5, 5.41) is 5.75. The Morgan fingerprint density at radius 2 is 1.71 bits per heavy atom. The van der Waals surface area contributed by atoms with Crippen LogP contribution in [0.4, 0.5) is 9.18 Å². The molecule has 0 aliphatic carbocycles. The van der Waals surface area contributed by atoms with Gasteiger partial charge in [-0.05, 0) is 36.1 Å². The van der Waals surface area contributed by atoms with E-state index < -0.39 is 0 Å². The molecule has 148 valence electrons. The summed E-state index contributed by atoms with van der Waals surface area (Å²) in [4.78, 5) is 12.2. The van der Waals surface area contributed by atoms with Gasteiger partial charge in [-0.3, -0.25) is 0 Å². The lowest BCUT2D eigenvalue weighted by molar-refractivity contribution is 0.0615. The van der Waals surface area contributed by atoms with Crippen LogP contribution in [0.3, 0.4) is 0 Å². The lowest BCUT2D eigenvalue weighted by Gasteiger charge is -2.18. The van der Waals surface area contributed by atoms with Gasteiger partial charge in [-0.1, -0.05) is 42.5 Å². The maximum atomic E-state index is 12.9. The van der Waals surface area contributed by atoms with Crippen molar-refractivity contribution in [2.45, 2.75) is 37.6 Å². The first-order chi connectivity index (χ1) is 13.7. The lowest BCUT2D eigenvalue weighted by Crippen LogP contribution is -2.48. The van der Waals surface area contributed by atoms with Crippen molar-refractivity contribution in [1.29, 1.82) is 0 Å². The molecule has 4 atom stereocenters. The van der Waals surface area contributed by atoms with Crippen LogP contribution in [0, 0.1) is 11.7 Å². The van der Waals surface area contributed by atoms with Gasteiger partial charge in [0.2, 0.25) is 0 Å². The SMILES string of the molecule is O=C(NCc1ccc(F)cc1)N[C@H]1COC2[C@H](CCc3ccccc3)CO[C@@H]21. The molecule has 4 rings (SSSR count). The van der Waals surface area contributed by atoms with Crippen molar-refractivity contribution < 1.29 is 18.7 Å². The van der Waals surface area contributed by atoms with Gasteiger partial charge in [-0.2, -0.15) is 0 Å². The molecule has 0 radical (unpaired) electrons. The Labute approximate surface area is 164 Å². The van der Waals surface area contributed by atoms with Gasteiger partial charge in [0, 0.05) is 12.5 Å². The second-order valence-corrected chi connectivity index (χ2v) is 7.44. The van der Waals surface area contributed by atoms with Crippen LogP contribution in [0.1, 0.15) is 17.5 Å². The zero-order valence-corrected chi connectivity index (χ0v) is 15.6. The molecule has 5 nitrogen and oxygen atoms in total. The van der Waals surface area contributed by atoms with E-state index in [1.807, 2.05) is 6.07 Å². The van der Waals surface area contributed by atoms with E-state index in [1.165, 1.54) is 17.7 Å². The van der Waals surface area contributed by atoms with Crippen molar-refractivity contribution in [2.75, 3.05) is 13.2 Å². The predicted molar refractivity (Wildman–Crippen MR) is 103 cm³/mol. The number of halogens is 1. The Morgan fingerprint density at radius 3 is 2.50 bits per heavy atom. The van der Waals surface area contributed by atoms with Crippen LogP contribution in [0.5, 0.6) is 0 Å². The fourth-order valence-corrected chi connectivity index (χ4v) is 3.95. The van der Waals surface area contributed by atoms with Crippen molar-refractivity contribution in [3.8, 4) is 0 Å². The third-order valence-corrected chi connectivity index (χ3v) is 5.49. The second-order valence-electron chi connectivity index (χ2n) is 7.44. The second kappa shape index (κ2) is 8.71. The number of fused-ring (bicyclic) bond motifs is 1. The Balaban J connectivity index is 1.23. The predicted octanol–water partition coefficient (Wildman–Crippen LogP) is 3.04. The van der Waals surface area contributed by atoms with E-state index in [4.69, 9.17) is 9.47 Å². The minimum atomic E-state index is -0.289. The summed E-state index contributed by atoms with van der Waals surface area (Å²) in [5.74, 6) is 0.0573. The maximum absolute atomic E-state index is 12.9. The number of aryl methyl sites for hydroxylation is 1. The van der Waals surface area contributed by atoms with Crippen LogP contribution in [0.2, 0.25) is 0 Å². The molecular weight excluding hydrogens is 359 g/mol. The molecule has 2 aromatic carbocycles. The monoisotopic (exact) mass is 384 g/mol. The molecule has 0 spiro atoms. The number of benzene rings is 2. The molecule has 2 aliphatic rings. The fraction of sp³-hybridized carbons (Fsp3) is 0.409. The average molecular weight is 384 g/mol. The van der Waals surface area contributed by atoms with Crippen LogP contribution in [0.15, 0.2) is 54.6 Å². The highest BCUT2D eigenvalue weighted by Gasteiger charge is 2.47. The van der Waals surface area contributed by atoms with Gasteiger partial charge >= 0.3 is 6.03 Å². The number of ether oxygens (including phenoxy) is 2. The summed E-state index contributed by atoms with van der Waals surface area (Å²) >= 11 is 0. The number of nitrogens with one attached hydrogen (secondary N) is 2. The molecule has 0 aromatic heterocycles. The van der Waals surface area contributed by atoms with Gasteiger partial charge in [0.1, 0.15) is 11.9 Å². The molecule has 2 saturated heterocycles. The molecule has 0 bridgehead atoms. The first-order valence-corrected chi connectivity index (χ1v) is 9.75. The van der Waals surface area contributed by atoms with Crippen LogP contribution >= 0.6 is 0 Å².